The summed E-state index contributed by atoms with van der Waals surface area (Å²) in [6, 6.07) is 11.4. The average molecular weight is 579 g/mol. The molecule has 0 spiro atoms. The summed E-state index contributed by atoms with van der Waals surface area (Å²) in [6.45, 7) is 0.560. The molecule has 2 aromatic carbocycles. The fourth-order valence-corrected chi connectivity index (χ4v) is 5.50. The van der Waals surface area contributed by atoms with E-state index in [0.717, 1.165) is 31.5 Å². The molecule has 0 radical (unpaired) electrons. The molecule has 12 heteroatoms. The topological polar surface area (TPSA) is 84.8 Å². The average Bonchev–Trinajstić information content (AvgIpc) is 3.23. The molecule has 0 aliphatic carbocycles. The van der Waals surface area contributed by atoms with Crippen molar-refractivity contribution in [2.24, 2.45) is 0 Å². The molecule has 1 fully saturated rings. The molecule has 8 nitrogen and oxygen atoms in total. The van der Waals surface area contributed by atoms with Gasteiger partial charge in [0.05, 0.1) is 47.6 Å². The van der Waals surface area contributed by atoms with Crippen LogP contribution in [0, 0.1) is 11.8 Å². The Labute approximate surface area is 232 Å². The summed E-state index contributed by atoms with van der Waals surface area (Å²) in [7, 11) is 1.70. The first-order valence-electron chi connectivity index (χ1n) is 12.7. The highest BCUT2D eigenvalue weighted by molar-refractivity contribution is 7.90. The molecule has 40 heavy (non-hydrogen) atoms. The minimum atomic E-state index is -4.44. The number of nitrogens with one attached hydrogen (secondary N) is 2. The molecule has 1 aromatic heterocycles. The number of piperidine rings is 1. The Morgan fingerprint density at radius 2 is 1.90 bits per heavy atom. The largest absolute Gasteiger partial charge is 0.495 e. The SMILES string of the molecule is COc1cc(S(C)(=O)=O)ccc1NCC#Cc1cc2c(N[C@@H]3CCN(C)C[C@@H]3OC)cccc2n1CC(F)(F)F. The molecule has 2 N–H and O–H groups in total. The number of sulfone groups is 1. The minimum absolute atomic E-state index is 0.0144. The van der Waals surface area contributed by atoms with Gasteiger partial charge in [0.25, 0.3) is 0 Å². The Morgan fingerprint density at radius 1 is 1.12 bits per heavy atom. The summed E-state index contributed by atoms with van der Waals surface area (Å²) < 4.78 is 76.5. The van der Waals surface area contributed by atoms with Crippen LogP contribution < -0.4 is 15.4 Å². The number of hydrogen-bond acceptors (Lipinski definition) is 7. The second kappa shape index (κ2) is 12.0. The van der Waals surface area contributed by atoms with Gasteiger partial charge in [-0.1, -0.05) is 12.0 Å². The zero-order valence-corrected chi connectivity index (χ0v) is 23.6. The van der Waals surface area contributed by atoms with Crippen LogP contribution in [-0.4, -0.2) is 83.4 Å². The second-order valence-corrected chi connectivity index (χ2v) is 11.9. The third-order valence-electron chi connectivity index (χ3n) is 6.87. The maximum Gasteiger partial charge on any atom is 0.406 e. The first-order chi connectivity index (χ1) is 18.9. The number of likely N-dealkylation sites (N-methyl/N-ethyl adjacent to an activating group) is 1. The monoisotopic (exact) mass is 578 g/mol. The number of halogens is 3. The third-order valence-corrected chi connectivity index (χ3v) is 7.98. The van der Waals surface area contributed by atoms with Gasteiger partial charge in [-0.2, -0.15) is 13.2 Å². The first-order valence-corrected chi connectivity index (χ1v) is 14.6. The number of aromatic nitrogens is 1. The zero-order chi connectivity index (χ0) is 29.1. The lowest BCUT2D eigenvalue weighted by molar-refractivity contribution is -0.140. The molecule has 0 unspecified atom stereocenters. The Kier molecular flexibility index (Phi) is 8.87. The zero-order valence-electron chi connectivity index (χ0n) is 22.8. The van der Waals surface area contributed by atoms with E-state index in [1.54, 1.807) is 31.4 Å². The molecule has 0 bridgehead atoms. The van der Waals surface area contributed by atoms with Gasteiger partial charge in [-0.25, -0.2) is 8.42 Å². The summed E-state index contributed by atoms with van der Waals surface area (Å²) in [6.07, 6.45) is -2.55. The van der Waals surface area contributed by atoms with Crippen molar-refractivity contribution in [1.29, 1.82) is 0 Å². The van der Waals surface area contributed by atoms with Gasteiger partial charge in [0.2, 0.25) is 0 Å². The van der Waals surface area contributed by atoms with Crippen LogP contribution in [-0.2, 0) is 21.1 Å². The van der Waals surface area contributed by atoms with Crippen LogP contribution in [0.2, 0.25) is 0 Å². The van der Waals surface area contributed by atoms with Gasteiger partial charge in [0.1, 0.15) is 12.3 Å². The number of anilines is 2. The standard InChI is InChI=1S/C28H33F3N4O4S/c1-34-14-12-24(27(17-34)39-3)33-22-8-5-9-25-21(22)15-19(35(25)18-28(29,30)31)7-6-13-32-23-11-10-20(40(4,36)37)16-26(23)38-2/h5,8-11,15-16,24,27,32-33H,12-14,17-18H2,1-4H3/t24-,27+/m1/s1. The molecule has 1 aliphatic rings. The van der Waals surface area contributed by atoms with Crippen molar-refractivity contribution in [1.82, 2.24) is 9.47 Å². The van der Waals surface area contributed by atoms with Gasteiger partial charge in [0, 0.05) is 37.1 Å². The van der Waals surface area contributed by atoms with Crippen molar-refractivity contribution in [3.63, 3.8) is 0 Å². The number of fused-ring (bicyclic) bond motifs is 1. The number of rotatable bonds is 8. The summed E-state index contributed by atoms with van der Waals surface area (Å²) >= 11 is 0. The number of alkyl halides is 3. The fraction of sp³-hybridized carbons (Fsp3) is 0.429. The van der Waals surface area contributed by atoms with Crippen LogP contribution in [0.3, 0.4) is 0 Å². The number of likely N-dealkylation sites (tertiary alicyclic amines) is 1. The van der Waals surface area contributed by atoms with E-state index in [4.69, 9.17) is 9.47 Å². The summed E-state index contributed by atoms with van der Waals surface area (Å²) in [4.78, 5) is 2.29. The van der Waals surface area contributed by atoms with Crippen molar-refractivity contribution in [2.75, 3.05) is 57.8 Å². The Hall–Kier alpha value is -3.40. The predicted molar refractivity (Wildman–Crippen MR) is 150 cm³/mol. The molecule has 4 rings (SSSR count). The molecular formula is C28H33F3N4O4S. The van der Waals surface area contributed by atoms with Crippen molar-refractivity contribution in [2.45, 2.75) is 36.2 Å². The van der Waals surface area contributed by atoms with Gasteiger partial charge in [-0.3, -0.25) is 0 Å². The molecule has 1 aliphatic heterocycles. The van der Waals surface area contributed by atoms with Crippen LogP contribution >= 0.6 is 0 Å². The summed E-state index contributed by atoms with van der Waals surface area (Å²) in [5.41, 5.74) is 1.90. The van der Waals surface area contributed by atoms with Crippen molar-refractivity contribution in [3.8, 4) is 17.6 Å². The van der Waals surface area contributed by atoms with Crippen LogP contribution in [0.25, 0.3) is 10.9 Å². The van der Waals surface area contributed by atoms with Crippen LogP contribution in [0.15, 0.2) is 47.4 Å². The smallest absolute Gasteiger partial charge is 0.406 e. The summed E-state index contributed by atoms with van der Waals surface area (Å²) in [5.74, 6) is 6.08. The quantitative estimate of drug-likeness (QED) is 0.388. The van der Waals surface area contributed by atoms with E-state index in [9.17, 15) is 21.6 Å². The number of hydrogen-bond donors (Lipinski definition) is 2. The maximum atomic E-state index is 13.6. The van der Waals surface area contributed by atoms with E-state index in [0.29, 0.717) is 22.3 Å². The van der Waals surface area contributed by atoms with Gasteiger partial charge >= 0.3 is 6.18 Å². The van der Waals surface area contributed by atoms with E-state index in [1.165, 1.54) is 23.8 Å². The molecule has 1 saturated heterocycles. The van der Waals surface area contributed by atoms with Crippen molar-refractivity contribution >= 4 is 32.1 Å². The van der Waals surface area contributed by atoms with Gasteiger partial charge in [-0.15, -0.1) is 0 Å². The predicted octanol–water partition coefficient (Wildman–Crippen LogP) is 4.21. The number of nitrogens with zero attached hydrogens (tertiary/aromatic N) is 2. The van der Waals surface area contributed by atoms with Crippen LogP contribution in [0.5, 0.6) is 5.75 Å². The summed E-state index contributed by atoms with van der Waals surface area (Å²) in [5, 5.41) is 7.19. The number of ether oxygens (including phenoxy) is 2. The fourth-order valence-electron chi connectivity index (χ4n) is 4.86. The molecule has 0 amide bonds. The highest BCUT2D eigenvalue weighted by atomic mass is 32.2. The third kappa shape index (κ3) is 7.02. The van der Waals surface area contributed by atoms with Gasteiger partial charge in [-0.05, 0) is 56.3 Å². The lowest BCUT2D eigenvalue weighted by atomic mass is 10.0. The highest BCUT2D eigenvalue weighted by Gasteiger charge is 2.31. The van der Waals surface area contributed by atoms with Crippen LogP contribution in [0.4, 0.5) is 24.5 Å². The second-order valence-electron chi connectivity index (χ2n) is 9.83. The molecule has 3 aromatic rings. The van der Waals surface area contributed by atoms with E-state index in [1.807, 2.05) is 13.1 Å². The van der Waals surface area contributed by atoms with E-state index in [-0.39, 0.29) is 29.3 Å². The lowest BCUT2D eigenvalue weighted by Gasteiger charge is -2.36. The van der Waals surface area contributed by atoms with E-state index < -0.39 is 22.6 Å². The van der Waals surface area contributed by atoms with Crippen molar-refractivity contribution < 1.29 is 31.1 Å². The van der Waals surface area contributed by atoms with Gasteiger partial charge < -0.3 is 29.6 Å². The lowest BCUT2D eigenvalue weighted by Crippen LogP contribution is -2.49. The van der Waals surface area contributed by atoms with E-state index >= 15 is 0 Å². The normalized spacial score (nSPS) is 18.3. The Balaban J connectivity index is 1.61. The molecule has 2 atom stereocenters. The van der Waals surface area contributed by atoms with Crippen molar-refractivity contribution in [3.05, 3.63) is 48.2 Å². The number of benzene rings is 2. The number of methoxy groups -OCH3 is 2. The molecule has 2 heterocycles. The van der Waals surface area contributed by atoms with Crippen LogP contribution in [0.1, 0.15) is 12.1 Å². The minimum Gasteiger partial charge on any atom is -0.495 e. The molecule has 216 valence electrons. The Morgan fingerprint density at radius 3 is 2.58 bits per heavy atom. The van der Waals surface area contributed by atoms with Gasteiger partial charge in [0.15, 0.2) is 9.84 Å². The van der Waals surface area contributed by atoms with E-state index in [2.05, 4.69) is 27.4 Å². The molecule has 0 saturated carbocycles. The Bertz CT molecular complexity index is 1530. The first kappa shape index (κ1) is 29.6. The molecular weight excluding hydrogens is 545 g/mol. The highest BCUT2D eigenvalue weighted by Crippen LogP contribution is 2.32. The maximum absolute atomic E-state index is 13.6.